The van der Waals surface area contributed by atoms with E-state index in [0.717, 1.165) is 19.3 Å². The quantitative estimate of drug-likeness (QED) is 0.670. The van der Waals surface area contributed by atoms with Crippen molar-refractivity contribution in [1.82, 2.24) is 19.5 Å². The minimum absolute atomic E-state index is 0.104. The third-order valence-electron chi connectivity index (χ3n) is 5.96. The number of morpholine rings is 1. The van der Waals surface area contributed by atoms with Crippen LogP contribution < -0.4 is 10.5 Å². The number of hydrogen-bond donors (Lipinski definition) is 0. The summed E-state index contributed by atoms with van der Waals surface area (Å²) in [5.74, 6) is 0.650. The van der Waals surface area contributed by atoms with E-state index in [2.05, 4.69) is 39.1 Å². The molecule has 148 valence electrons. The number of ether oxygens (including phenoxy) is 1. The van der Waals surface area contributed by atoms with Crippen LogP contribution in [0.4, 0.5) is 5.95 Å². The second-order valence-corrected chi connectivity index (χ2v) is 7.71. The Morgan fingerprint density at radius 1 is 1.17 bits per heavy atom. The van der Waals surface area contributed by atoms with Crippen molar-refractivity contribution in [2.24, 2.45) is 7.05 Å². The second kappa shape index (κ2) is 7.08. The van der Waals surface area contributed by atoms with Gasteiger partial charge >= 0.3 is 0 Å². The van der Waals surface area contributed by atoms with E-state index < -0.39 is 0 Å². The van der Waals surface area contributed by atoms with Crippen molar-refractivity contribution in [2.45, 2.75) is 24.9 Å². The Balaban J connectivity index is 1.56. The molecule has 7 nitrogen and oxygen atoms in total. The van der Waals surface area contributed by atoms with E-state index in [1.807, 2.05) is 0 Å². The lowest BCUT2D eigenvalue weighted by Crippen LogP contribution is -2.52. The number of anilines is 1. The van der Waals surface area contributed by atoms with E-state index in [1.54, 1.807) is 23.9 Å². The van der Waals surface area contributed by atoms with Crippen LogP contribution in [0.2, 0.25) is 0 Å². The van der Waals surface area contributed by atoms with E-state index in [1.165, 1.54) is 23.5 Å². The largest absolute Gasteiger partial charge is 0.367 e. The summed E-state index contributed by atoms with van der Waals surface area (Å²) in [6.45, 7) is 1.97. The molecule has 3 heterocycles. The summed E-state index contributed by atoms with van der Waals surface area (Å²) in [6, 6.07) is 11.8. The minimum atomic E-state index is -0.351. The Labute approximate surface area is 169 Å². The highest BCUT2D eigenvalue weighted by atomic mass is 16.5. The topological polar surface area (TPSA) is 73.1 Å². The van der Waals surface area contributed by atoms with Gasteiger partial charge < -0.3 is 9.64 Å². The first-order chi connectivity index (χ1) is 14.2. The zero-order valence-electron chi connectivity index (χ0n) is 16.4. The summed E-state index contributed by atoms with van der Waals surface area (Å²) in [6.07, 6.45) is 6.28. The van der Waals surface area contributed by atoms with Gasteiger partial charge in [0, 0.05) is 25.9 Å². The van der Waals surface area contributed by atoms with Gasteiger partial charge in [-0.05, 0) is 36.5 Å². The van der Waals surface area contributed by atoms with Crippen molar-refractivity contribution in [1.29, 1.82) is 0 Å². The van der Waals surface area contributed by atoms with Crippen LogP contribution >= 0.6 is 0 Å². The lowest BCUT2D eigenvalue weighted by molar-refractivity contribution is -0.0726. The van der Waals surface area contributed by atoms with Gasteiger partial charge in [0.05, 0.1) is 24.5 Å². The molecule has 0 N–H and O–H groups in total. The van der Waals surface area contributed by atoms with E-state index in [9.17, 15) is 4.79 Å². The maximum absolute atomic E-state index is 12.7. The first-order valence-corrected chi connectivity index (χ1v) is 9.98. The Morgan fingerprint density at radius 3 is 2.93 bits per heavy atom. The predicted octanol–water partition coefficient (Wildman–Crippen LogP) is 2.31. The highest BCUT2D eigenvalue weighted by molar-refractivity contribution is 5.55. The number of rotatable bonds is 2. The first kappa shape index (κ1) is 18.0. The molecule has 2 aliphatic rings. The molecule has 0 amide bonds. The van der Waals surface area contributed by atoms with Gasteiger partial charge in [-0.1, -0.05) is 24.3 Å². The summed E-state index contributed by atoms with van der Waals surface area (Å²) in [5, 5.41) is 0. The number of hydrogen-bond acceptors (Lipinski definition) is 6. The molecule has 29 heavy (non-hydrogen) atoms. The third-order valence-corrected chi connectivity index (χ3v) is 5.96. The molecule has 0 bridgehead atoms. The normalized spacial score (nSPS) is 21.2. The molecule has 0 radical (unpaired) electrons. The summed E-state index contributed by atoms with van der Waals surface area (Å²) >= 11 is 0. The van der Waals surface area contributed by atoms with Crippen LogP contribution in [0.15, 0.2) is 53.7 Å². The summed E-state index contributed by atoms with van der Waals surface area (Å²) < 4.78 is 8.00. The molecule has 1 aliphatic carbocycles. The smallest absolute Gasteiger partial charge is 0.255 e. The SMILES string of the molecule is Cn1c(N2CCOC3(CCCc4ccccc43)C2)nc(-c2ccncn2)cc1=O. The molecule has 1 unspecified atom stereocenters. The van der Waals surface area contributed by atoms with E-state index in [0.29, 0.717) is 37.0 Å². The van der Waals surface area contributed by atoms with E-state index in [4.69, 9.17) is 9.72 Å². The molecular weight excluding hydrogens is 366 g/mol. The van der Waals surface area contributed by atoms with Crippen LogP contribution in [-0.4, -0.2) is 39.2 Å². The van der Waals surface area contributed by atoms with Crippen molar-refractivity contribution in [3.63, 3.8) is 0 Å². The zero-order chi connectivity index (χ0) is 19.8. The molecule has 1 saturated heterocycles. The fourth-order valence-corrected chi connectivity index (χ4v) is 4.53. The highest BCUT2D eigenvalue weighted by Crippen LogP contribution is 2.41. The summed E-state index contributed by atoms with van der Waals surface area (Å²) in [4.78, 5) is 27.9. The lowest BCUT2D eigenvalue weighted by atomic mass is 9.78. The molecule has 1 spiro atoms. The molecule has 0 saturated carbocycles. The van der Waals surface area contributed by atoms with Crippen LogP contribution in [0.3, 0.4) is 0 Å². The molecule has 1 aliphatic heterocycles. The number of fused-ring (bicyclic) bond motifs is 2. The van der Waals surface area contributed by atoms with Gasteiger partial charge in [0.15, 0.2) is 0 Å². The van der Waals surface area contributed by atoms with Gasteiger partial charge in [-0.15, -0.1) is 0 Å². The average Bonchev–Trinajstić information content (AvgIpc) is 2.77. The lowest BCUT2D eigenvalue weighted by Gasteiger charge is -2.46. The van der Waals surface area contributed by atoms with Crippen molar-refractivity contribution in [3.8, 4) is 11.4 Å². The maximum atomic E-state index is 12.7. The van der Waals surface area contributed by atoms with E-state index >= 15 is 0 Å². The number of nitrogens with zero attached hydrogens (tertiary/aromatic N) is 5. The third kappa shape index (κ3) is 3.11. The van der Waals surface area contributed by atoms with Crippen LogP contribution in [0.25, 0.3) is 11.4 Å². The van der Waals surface area contributed by atoms with Gasteiger partial charge in [-0.25, -0.2) is 15.0 Å². The highest BCUT2D eigenvalue weighted by Gasteiger charge is 2.42. The Hall–Kier alpha value is -3.06. The van der Waals surface area contributed by atoms with Crippen molar-refractivity contribution < 1.29 is 4.74 Å². The van der Waals surface area contributed by atoms with Crippen LogP contribution in [-0.2, 0) is 23.8 Å². The van der Waals surface area contributed by atoms with Gasteiger partial charge in [0.1, 0.15) is 11.9 Å². The standard InChI is InChI=1S/C22H23N5O2/c1-26-20(28)13-19(18-8-10-23-15-24-18)25-21(26)27-11-12-29-22(14-27)9-4-6-16-5-2-3-7-17(16)22/h2-3,5,7-8,10,13,15H,4,6,9,11-12,14H2,1H3. The zero-order valence-corrected chi connectivity index (χ0v) is 16.4. The molecule has 1 atom stereocenters. The fourth-order valence-electron chi connectivity index (χ4n) is 4.53. The average molecular weight is 389 g/mol. The van der Waals surface area contributed by atoms with Crippen molar-refractivity contribution in [2.75, 3.05) is 24.6 Å². The molecule has 3 aromatic rings. The monoisotopic (exact) mass is 389 g/mol. The van der Waals surface area contributed by atoms with Crippen LogP contribution in [0.5, 0.6) is 0 Å². The summed E-state index contributed by atoms with van der Waals surface area (Å²) in [5.41, 5.74) is 3.38. The van der Waals surface area contributed by atoms with Gasteiger partial charge in [0.25, 0.3) is 5.56 Å². The minimum Gasteiger partial charge on any atom is -0.367 e. The first-order valence-electron chi connectivity index (χ1n) is 9.98. The molecule has 1 fully saturated rings. The van der Waals surface area contributed by atoms with Gasteiger partial charge in [-0.2, -0.15) is 0 Å². The molecular formula is C22H23N5O2. The van der Waals surface area contributed by atoms with Crippen LogP contribution in [0, 0.1) is 0 Å². The Morgan fingerprint density at radius 2 is 2.07 bits per heavy atom. The molecule has 1 aromatic carbocycles. The van der Waals surface area contributed by atoms with E-state index in [-0.39, 0.29) is 11.2 Å². The Bertz CT molecular complexity index is 1100. The predicted molar refractivity (Wildman–Crippen MR) is 110 cm³/mol. The maximum Gasteiger partial charge on any atom is 0.255 e. The summed E-state index contributed by atoms with van der Waals surface area (Å²) in [7, 11) is 1.77. The number of benzene rings is 1. The Kier molecular flexibility index (Phi) is 4.39. The number of aryl methyl sites for hydroxylation is 1. The van der Waals surface area contributed by atoms with Crippen molar-refractivity contribution >= 4 is 5.95 Å². The van der Waals surface area contributed by atoms with Gasteiger partial charge in [0.2, 0.25) is 5.95 Å². The second-order valence-electron chi connectivity index (χ2n) is 7.71. The van der Waals surface area contributed by atoms with Gasteiger partial charge in [-0.3, -0.25) is 9.36 Å². The van der Waals surface area contributed by atoms with Crippen LogP contribution in [0.1, 0.15) is 24.0 Å². The fraction of sp³-hybridized carbons (Fsp3) is 0.364. The number of aromatic nitrogens is 4. The van der Waals surface area contributed by atoms with Crippen molar-refractivity contribution in [3.05, 3.63) is 70.4 Å². The molecule has 7 heteroatoms. The molecule has 2 aromatic heterocycles. The molecule has 5 rings (SSSR count).